The summed E-state index contributed by atoms with van der Waals surface area (Å²) < 4.78 is 30.4. The number of phenolic OH excluding ortho intramolecular Hbond substituents is 1. The monoisotopic (exact) mass is 451 g/mol. The van der Waals surface area contributed by atoms with Crippen LogP contribution in [0.5, 0.6) is 5.75 Å². The van der Waals surface area contributed by atoms with E-state index >= 15 is 0 Å². The molecule has 0 radical (unpaired) electrons. The van der Waals surface area contributed by atoms with Crippen molar-refractivity contribution in [1.29, 1.82) is 0 Å². The Morgan fingerprint density at radius 1 is 1.21 bits per heavy atom. The lowest BCUT2D eigenvalue weighted by atomic mass is 10.0. The second-order valence-corrected chi connectivity index (χ2v) is 7.88. The topological polar surface area (TPSA) is 107 Å². The molecule has 9 nitrogen and oxygen atoms in total. The van der Waals surface area contributed by atoms with Gasteiger partial charge >= 0.3 is 0 Å². The molecular formula is C23H22FN5O4. The highest BCUT2D eigenvalue weighted by molar-refractivity contribution is 5.31. The van der Waals surface area contributed by atoms with Crippen LogP contribution in [0.2, 0.25) is 0 Å². The predicted octanol–water partition coefficient (Wildman–Crippen LogP) is 2.37. The van der Waals surface area contributed by atoms with Crippen LogP contribution in [0.15, 0.2) is 73.4 Å². The Morgan fingerprint density at radius 2 is 2.06 bits per heavy atom. The van der Waals surface area contributed by atoms with Crippen molar-refractivity contribution in [3.05, 3.63) is 96.1 Å². The van der Waals surface area contributed by atoms with Gasteiger partial charge in [0, 0.05) is 24.0 Å². The molecule has 2 aromatic heterocycles. The minimum absolute atomic E-state index is 0.167. The highest BCUT2D eigenvalue weighted by Crippen LogP contribution is 2.38. The van der Waals surface area contributed by atoms with E-state index in [4.69, 9.17) is 9.47 Å². The fraction of sp³-hybridized carbons (Fsp3) is 0.261. The van der Waals surface area contributed by atoms with Gasteiger partial charge in [0.25, 0.3) is 0 Å². The molecule has 0 saturated carbocycles. The minimum atomic E-state index is -1.41. The highest BCUT2D eigenvalue weighted by atomic mass is 19.1. The summed E-state index contributed by atoms with van der Waals surface area (Å²) in [6.07, 6.45) is 5.24. The first-order valence-corrected chi connectivity index (χ1v) is 10.4. The fourth-order valence-corrected chi connectivity index (χ4v) is 3.94. The van der Waals surface area contributed by atoms with Crippen LogP contribution in [0.3, 0.4) is 0 Å². The van der Waals surface area contributed by atoms with Gasteiger partial charge in [0.2, 0.25) is 5.79 Å². The van der Waals surface area contributed by atoms with Crippen molar-refractivity contribution in [2.45, 2.75) is 31.1 Å². The van der Waals surface area contributed by atoms with Crippen LogP contribution in [-0.2, 0) is 28.4 Å². The number of phenols is 1. The molecule has 2 aromatic carbocycles. The summed E-state index contributed by atoms with van der Waals surface area (Å²) in [7, 11) is 0. The zero-order valence-electron chi connectivity index (χ0n) is 17.5. The van der Waals surface area contributed by atoms with E-state index < -0.39 is 23.8 Å². The van der Waals surface area contributed by atoms with Crippen molar-refractivity contribution >= 4 is 0 Å². The van der Waals surface area contributed by atoms with Crippen LogP contribution in [0.25, 0.3) is 0 Å². The first-order chi connectivity index (χ1) is 16.0. The molecule has 1 saturated heterocycles. The van der Waals surface area contributed by atoms with E-state index in [0.717, 1.165) is 6.07 Å². The van der Waals surface area contributed by atoms with Gasteiger partial charge in [0.15, 0.2) is 0 Å². The lowest BCUT2D eigenvalue weighted by Gasteiger charge is -2.29. The third kappa shape index (κ3) is 4.36. The van der Waals surface area contributed by atoms with Crippen LogP contribution >= 0.6 is 0 Å². The molecule has 5 rings (SSSR count). The van der Waals surface area contributed by atoms with Gasteiger partial charge in [0.05, 0.1) is 32.2 Å². The molecule has 1 fully saturated rings. The summed E-state index contributed by atoms with van der Waals surface area (Å²) in [6.45, 7) is 0.645. The minimum Gasteiger partial charge on any atom is -0.508 e. The van der Waals surface area contributed by atoms with E-state index in [9.17, 15) is 14.6 Å². The number of rotatable bonds is 7. The molecule has 33 heavy (non-hydrogen) atoms. The molecule has 10 heteroatoms. The third-order valence-corrected chi connectivity index (χ3v) is 5.51. The number of aromatic hydroxyl groups is 1. The van der Waals surface area contributed by atoms with Gasteiger partial charge in [0.1, 0.15) is 29.5 Å². The molecule has 0 aliphatic carbocycles. The van der Waals surface area contributed by atoms with E-state index in [2.05, 4.69) is 15.3 Å². The normalized spacial score (nSPS) is 21.3. The maximum absolute atomic E-state index is 14.8. The second-order valence-electron chi connectivity index (χ2n) is 7.88. The lowest BCUT2D eigenvalue weighted by molar-refractivity contribution is -0.190. The summed E-state index contributed by atoms with van der Waals surface area (Å²) in [5, 5.41) is 28.4. The number of hydrogen-bond donors (Lipinski definition) is 2. The molecule has 0 bridgehead atoms. The molecule has 4 aromatic rings. The van der Waals surface area contributed by atoms with Gasteiger partial charge < -0.3 is 24.3 Å². The summed E-state index contributed by atoms with van der Waals surface area (Å²) >= 11 is 0. The number of aromatic nitrogens is 5. The molecule has 3 atom stereocenters. The second kappa shape index (κ2) is 8.74. The van der Waals surface area contributed by atoms with Crippen LogP contribution < -0.4 is 0 Å². The Labute approximate surface area is 188 Å². The molecular weight excluding hydrogens is 429 g/mol. The van der Waals surface area contributed by atoms with Crippen molar-refractivity contribution in [3.63, 3.8) is 0 Å². The van der Waals surface area contributed by atoms with E-state index in [1.165, 1.54) is 12.1 Å². The molecule has 0 spiro atoms. The number of halogens is 1. The summed E-state index contributed by atoms with van der Waals surface area (Å²) in [5.41, 5.74) is 1.30. The number of imidazole rings is 1. The molecule has 1 aliphatic rings. The number of hydrogen-bond acceptors (Lipinski definition) is 7. The van der Waals surface area contributed by atoms with E-state index in [1.54, 1.807) is 34.2 Å². The van der Waals surface area contributed by atoms with Crippen LogP contribution in [-0.4, -0.2) is 47.5 Å². The van der Waals surface area contributed by atoms with Gasteiger partial charge in [-0.25, -0.2) is 14.1 Å². The SMILES string of the molecule is Oc1ccc([C@@]2(Cn3ccnc3)OC[C@H](Cn3cc(C(O)c4ccccc4)nn3)O2)c(F)c1. The highest BCUT2D eigenvalue weighted by Gasteiger charge is 2.45. The summed E-state index contributed by atoms with van der Waals surface area (Å²) in [6, 6.07) is 13.1. The standard InChI is InChI=1S/C23H22FN5O4/c24-20-10-17(30)6-7-19(20)23(14-28-9-8-25-15-28)32-13-18(33-23)11-29-12-21(26-27-29)22(31)16-4-2-1-3-5-16/h1-10,12,15,18,22,30-31H,11,13-14H2/t18-,22?,23-/m0/s1. The Balaban J connectivity index is 1.35. The largest absolute Gasteiger partial charge is 0.508 e. The van der Waals surface area contributed by atoms with Crippen LogP contribution in [0.4, 0.5) is 4.39 Å². The van der Waals surface area contributed by atoms with Crippen LogP contribution in [0.1, 0.15) is 22.9 Å². The van der Waals surface area contributed by atoms with Crippen molar-refractivity contribution < 1.29 is 24.1 Å². The first-order valence-electron chi connectivity index (χ1n) is 10.4. The Morgan fingerprint density at radius 3 is 2.82 bits per heavy atom. The van der Waals surface area contributed by atoms with E-state index in [0.29, 0.717) is 17.8 Å². The Kier molecular flexibility index (Phi) is 5.63. The van der Waals surface area contributed by atoms with E-state index in [1.807, 2.05) is 30.3 Å². The van der Waals surface area contributed by atoms with Gasteiger partial charge in [-0.3, -0.25) is 0 Å². The molecule has 0 amide bonds. The number of aliphatic hydroxyl groups is 1. The van der Waals surface area contributed by atoms with Crippen molar-refractivity contribution in [2.24, 2.45) is 0 Å². The molecule has 1 aliphatic heterocycles. The fourth-order valence-electron chi connectivity index (χ4n) is 3.94. The Bertz CT molecular complexity index is 1220. The maximum Gasteiger partial charge on any atom is 0.216 e. The first kappa shape index (κ1) is 21.3. The number of benzene rings is 2. The molecule has 1 unspecified atom stereocenters. The van der Waals surface area contributed by atoms with Crippen molar-refractivity contribution in [2.75, 3.05) is 6.61 Å². The summed E-state index contributed by atoms with van der Waals surface area (Å²) in [4.78, 5) is 4.03. The van der Waals surface area contributed by atoms with Gasteiger partial charge in [-0.05, 0) is 17.7 Å². The van der Waals surface area contributed by atoms with Crippen LogP contribution in [0, 0.1) is 5.82 Å². The van der Waals surface area contributed by atoms with Crippen molar-refractivity contribution in [1.82, 2.24) is 24.5 Å². The molecule has 2 N–H and O–H groups in total. The average Bonchev–Trinajstić information content (AvgIpc) is 3.57. The number of aliphatic hydroxyl groups excluding tert-OH is 1. The third-order valence-electron chi connectivity index (χ3n) is 5.51. The molecule has 170 valence electrons. The van der Waals surface area contributed by atoms with Gasteiger partial charge in [-0.1, -0.05) is 35.5 Å². The predicted molar refractivity (Wildman–Crippen MR) is 113 cm³/mol. The number of ether oxygens (including phenoxy) is 2. The van der Waals surface area contributed by atoms with E-state index in [-0.39, 0.29) is 24.5 Å². The van der Waals surface area contributed by atoms with Gasteiger partial charge in [-0.2, -0.15) is 0 Å². The Hall–Kier alpha value is -3.60. The van der Waals surface area contributed by atoms with Crippen molar-refractivity contribution in [3.8, 4) is 5.75 Å². The quantitative estimate of drug-likeness (QED) is 0.444. The smallest absolute Gasteiger partial charge is 0.216 e. The molecule has 3 heterocycles. The number of nitrogens with zero attached hydrogens (tertiary/aromatic N) is 5. The maximum atomic E-state index is 14.8. The average molecular weight is 451 g/mol. The lowest BCUT2D eigenvalue weighted by Crippen LogP contribution is -2.35. The zero-order chi connectivity index (χ0) is 22.8. The zero-order valence-corrected chi connectivity index (χ0v) is 17.5. The summed E-state index contributed by atoms with van der Waals surface area (Å²) in [5.74, 6) is -2.23. The van der Waals surface area contributed by atoms with Gasteiger partial charge in [-0.15, -0.1) is 5.10 Å².